The van der Waals surface area contributed by atoms with Gasteiger partial charge in [-0.3, -0.25) is 13.9 Å². The first-order valence-corrected chi connectivity index (χ1v) is 11.8. The molecule has 0 spiro atoms. The van der Waals surface area contributed by atoms with Crippen LogP contribution in [-0.4, -0.2) is 33.9 Å². The summed E-state index contributed by atoms with van der Waals surface area (Å²) in [6.07, 6.45) is 4.48. The molecule has 0 radical (unpaired) electrons. The largest absolute Gasteiger partial charge is 0.335 e. The van der Waals surface area contributed by atoms with E-state index in [0.29, 0.717) is 30.4 Å². The van der Waals surface area contributed by atoms with Gasteiger partial charge < -0.3 is 14.4 Å². The maximum Gasteiger partial charge on any atom is 0.335 e. The first-order chi connectivity index (χ1) is 15.4. The molecule has 8 nitrogen and oxygen atoms in total. The molecule has 0 aliphatic rings. The fourth-order valence-electron chi connectivity index (χ4n) is 2.93. The number of carbonyl (C=O) groups is 1. The third-order valence-electron chi connectivity index (χ3n) is 4.31. The smallest absolute Gasteiger partial charge is 0.323 e. The number of halogens is 1. The van der Waals surface area contributed by atoms with Gasteiger partial charge in [-0.05, 0) is 61.9 Å². The average molecular weight is 458 g/mol. The van der Waals surface area contributed by atoms with Gasteiger partial charge in [-0.25, -0.2) is 4.39 Å². The van der Waals surface area contributed by atoms with Gasteiger partial charge in [-0.15, -0.1) is 10.2 Å². The molecule has 32 heavy (non-hydrogen) atoms. The minimum absolute atomic E-state index is 0.155. The van der Waals surface area contributed by atoms with Gasteiger partial charge in [0, 0.05) is 17.5 Å². The van der Waals surface area contributed by atoms with Crippen LogP contribution >= 0.6 is 7.60 Å². The van der Waals surface area contributed by atoms with Crippen molar-refractivity contribution in [3.8, 4) is 5.69 Å². The molecule has 3 aromatic rings. The van der Waals surface area contributed by atoms with Crippen molar-refractivity contribution in [3.05, 3.63) is 78.1 Å². The number of hydrogen-bond donors (Lipinski definition) is 1. The van der Waals surface area contributed by atoms with Gasteiger partial charge in [0.25, 0.3) is 0 Å². The van der Waals surface area contributed by atoms with E-state index in [0.717, 1.165) is 5.56 Å². The molecule has 0 fully saturated rings. The zero-order valence-electron chi connectivity index (χ0n) is 17.8. The standard InChI is InChI=1S/C22H24FN4O4P/c1-3-30-32(29,31-4-2)15-17-5-9-19(10-6-17)25-22(28)14-13-21-26-24-16-27(21)20-11-7-18(23)8-12-20/h5-14,16H,3-4,15H2,1-2H3,(H,25,28)/b14-13+. The highest BCUT2D eigenvalue weighted by atomic mass is 31.2. The van der Waals surface area contributed by atoms with Crippen LogP contribution in [0.25, 0.3) is 11.8 Å². The van der Waals surface area contributed by atoms with E-state index in [1.165, 1.54) is 30.6 Å². The van der Waals surface area contributed by atoms with Gasteiger partial charge in [0.15, 0.2) is 5.82 Å². The predicted molar refractivity (Wildman–Crippen MR) is 120 cm³/mol. The Kier molecular flexibility index (Phi) is 8.05. The minimum Gasteiger partial charge on any atom is -0.323 e. The molecule has 0 bridgehead atoms. The van der Waals surface area contributed by atoms with Gasteiger partial charge in [-0.1, -0.05) is 12.1 Å². The number of amides is 1. The number of carbonyl (C=O) groups excluding carboxylic acids is 1. The van der Waals surface area contributed by atoms with Gasteiger partial charge >= 0.3 is 7.60 Å². The van der Waals surface area contributed by atoms with E-state index < -0.39 is 7.60 Å². The molecule has 0 saturated carbocycles. The van der Waals surface area contributed by atoms with Crippen molar-refractivity contribution in [1.82, 2.24) is 14.8 Å². The summed E-state index contributed by atoms with van der Waals surface area (Å²) in [5.41, 5.74) is 2.02. The Morgan fingerprint density at radius 3 is 2.38 bits per heavy atom. The van der Waals surface area contributed by atoms with Gasteiger partial charge in [0.2, 0.25) is 5.91 Å². The normalized spacial score (nSPS) is 11.7. The molecule has 1 N–H and O–H groups in total. The van der Waals surface area contributed by atoms with E-state index in [2.05, 4.69) is 15.5 Å². The summed E-state index contributed by atoms with van der Waals surface area (Å²) >= 11 is 0. The lowest BCUT2D eigenvalue weighted by Gasteiger charge is -2.17. The third-order valence-corrected chi connectivity index (χ3v) is 6.37. The van der Waals surface area contributed by atoms with Crippen LogP contribution in [0.1, 0.15) is 25.2 Å². The molecule has 1 heterocycles. The monoisotopic (exact) mass is 458 g/mol. The highest BCUT2D eigenvalue weighted by molar-refractivity contribution is 7.53. The van der Waals surface area contributed by atoms with E-state index in [-0.39, 0.29) is 17.9 Å². The number of rotatable bonds is 10. The maximum absolute atomic E-state index is 13.1. The number of nitrogens with zero attached hydrogens (tertiary/aromatic N) is 3. The van der Waals surface area contributed by atoms with Crippen LogP contribution in [-0.2, 0) is 24.6 Å². The molecule has 1 amide bonds. The van der Waals surface area contributed by atoms with E-state index in [1.807, 2.05) is 0 Å². The Morgan fingerprint density at radius 2 is 1.75 bits per heavy atom. The van der Waals surface area contributed by atoms with Crippen LogP contribution in [0.4, 0.5) is 10.1 Å². The number of benzene rings is 2. The Bertz CT molecular complexity index is 1100. The summed E-state index contributed by atoms with van der Waals surface area (Å²) in [6.45, 7) is 4.12. The second-order valence-corrected chi connectivity index (χ2v) is 8.71. The number of anilines is 1. The van der Waals surface area contributed by atoms with E-state index in [4.69, 9.17) is 9.05 Å². The Balaban J connectivity index is 1.62. The highest BCUT2D eigenvalue weighted by Gasteiger charge is 2.23. The van der Waals surface area contributed by atoms with Crippen molar-refractivity contribution >= 4 is 25.3 Å². The van der Waals surface area contributed by atoms with E-state index in [9.17, 15) is 13.8 Å². The van der Waals surface area contributed by atoms with Crippen molar-refractivity contribution in [2.75, 3.05) is 18.5 Å². The van der Waals surface area contributed by atoms with Crippen LogP contribution in [0.5, 0.6) is 0 Å². The molecular weight excluding hydrogens is 434 g/mol. The Morgan fingerprint density at radius 1 is 1.09 bits per heavy atom. The number of aromatic nitrogens is 3. The number of hydrogen-bond acceptors (Lipinski definition) is 6. The lowest BCUT2D eigenvalue weighted by Crippen LogP contribution is -2.08. The molecule has 3 rings (SSSR count). The first kappa shape index (κ1) is 23.5. The van der Waals surface area contributed by atoms with Crippen molar-refractivity contribution in [2.24, 2.45) is 0 Å². The fraction of sp³-hybridized carbons (Fsp3) is 0.227. The molecule has 10 heteroatoms. The van der Waals surface area contributed by atoms with Crippen molar-refractivity contribution < 1.29 is 22.8 Å². The summed E-state index contributed by atoms with van der Waals surface area (Å²) in [7, 11) is -3.19. The average Bonchev–Trinajstić information content (AvgIpc) is 3.23. The topological polar surface area (TPSA) is 95.3 Å². The molecule has 0 aliphatic heterocycles. The predicted octanol–water partition coefficient (Wildman–Crippen LogP) is 4.82. The van der Waals surface area contributed by atoms with Gasteiger partial charge in [0.1, 0.15) is 12.1 Å². The summed E-state index contributed by atoms with van der Waals surface area (Å²) in [5.74, 6) is -0.284. The third kappa shape index (κ3) is 6.43. The molecule has 0 atom stereocenters. The van der Waals surface area contributed by atoms with E-state index >= 15 is 0 Å². The summed E-state index contributed by atoms with van der Waals surface area (Å²) in [5, 5.41) is 10.6. The number of nitrogens with one attached hydrogen (secondary N) is 1. The van der Waals surface area contributed by atoms with Crippen LogP contribution in [0.15, 0.2) is 60.9 Å². The summed E-state index contributed by atoms with van der Waals surface area (Å²) in [4.78, 5) is 12.3. The van der Waals surface area contributed by atoms with Gasteiger partial charge in [0.05, 0.1) is 19.4 Å². The molecular formula is C22H24FN4O4P. The lowest BCUT2D eigenvalue weighted by molar-refractivity contribution is -0.111. The van der Waals surface area contributed by atoms with Crippen LogP contribution in [0.3, 0.4) is 0 Å². The quantitative estimate of drug-likeness (QED) is 0.346. The molecule has 1 aromatic heterocycles. The van der Waals surface area contributed by atoms with Gasteiger partial charge in [-0.2, -0.15) is 0 Å². The summed E-state index contributed by atoms with van der Waals surface area (Å²) in [6, 6.07) is 12.8. The minimum atomic E-state index is -3.19. The van der Waals surface area contributed by atoms with Crippen LogP contribution < -0.4 is 5.32 Å². The van der Waals surface area contributed by atoms with Crippen LogP contribution in [0.2, 0.25) is 0 Å². The molecule has 0 saturated heterocycles. The molecule has 0 unspecified atom stereocenters. The zero-order chi connectivity index (χ0) is 23.0. The second-order valence-electron chi connectivity index (χ2n) is 6.66. The van der Waals surface area contributed by atoms with Crippen LogP contribution in [0, 0.1) is 5.82 Å². The SMILES string of the molecule is CCOP(=O)(Cc1ccc(NC(=O)/C=C/c2nncn2-c2ccc(F)cc2)cc1)OCC. The lowest BCUT2D eigenvalue weighted by atomic mass is 10.2. The maximum atomic E-state index is 13.1. The molecule has 0 aliphatic carbocycles. The van der Waals surface area contributed by atoms with Crippen molar-refractivity contribution in [3.63, 3.8) is 0 Å². The summed E-state index contributed by atoms with van der Waals surface area (Å²) < 4.78 is 38.0. The van der Waals surface area contributed by atoms with Crippen molar-refractivity contribution in [1.29, 1.82) is 0 Å². The zero-order valence-corrected chi connectivity index (χ0v) is 18.7. The highest BCUT2D eigenvalue weighted by Crippen LogP contribution is 2.51. The molecule has 168 valence electrons. The fourth-order valence-corrected chi connectivity index (χ4v) is 4.63. The van der Waals surface area contributed by atoms with Crippen molar-refractivity contribution in [2.45, 2.75) is 20.0 Å². The van der Waals surface area contributed by atoms with E-state index in [1.54, 1.807) is 54.8 Å². The molecule has 2 aromatic carbocycles. The second kappa shape index (κ2) is 10.9. The Labute approximate surface area is 185 Å². The first-order valence-electron chi connectivity index (χ1n) is 10.0. The Hall–Kier alpha value is -3.13.